The molecule has 2 unspecified atom stereocenters. The minimum absolute atomic E-state index is 0.0428. The third-order valence-electron chi connectivity index (χ3n) is 7.55. The van der Waals surface area contributed by atoms with Gasteiger partial charge in [-0.05, 0) is 51.4 Å². The maximum absolute atomic E-state index is 12.5. The highest BCUT2D eigenvalue weighted by atomic mass is 16.5. The maximum atomic E-state index is 12.5. The first-order valence-corrected chi connectivity index (χ1v) is 11.6. The van der Waals surface area contributed by atoms with Crippen molar-refractivity contribution in [1.29, 1.82) is 5.41 Å². The van der Waals surface area contributed by atoms with Gasteiger partial charge < -0.3 is 14.9 Å². The second kappa shape index (κ2) is 12.1. The molecule has 0 heterocycles. The summed E-state index contributed by atoms with van der Waals surface area (Å²) < 4.78 is 12.2. The summed E-state index contributed by atoms with van der Waals surface area (Å²) in [6.45, 7) is 13.4. The molecular weight excluding hydrogens is 350 g/mol. The SMILES string of the molecule is CCC(C)(CC)C(=N)COC1CCCCC(OCC(=O)C(C)(CC)CC)CC1. The number of carbonyl (C=O) groups is 1. The van der Waals surface area contributed by atoms with Crippen molar-refractivity contribution >= 4 is 11.5 Å². The minimum Gasteiger partial charge on any atom is -0.372 e. The van der Waals surface area contributed by atoms with Crippen LogP contribution in [0.5, 0.6) is 0 Å². The molecule has 0 spiro atoms. The van der Waals surface area contributed by atoms with E-state index in [4.69, 9.17) is 14.9 Å². The van der Waals surface area contributed by atoms with Gasteiger partial charge in [-0.2, -0.15) is 0 Å². The highest BCUT2D eigenvalue weighted by molar-refractivity contribution is 5.88. The van der Waals surface area contributed by atoms with Gasteiger partial charge in [-0.1, -0.05) is 54.4 Å². The number of Topliss-reactive ketones (excluding diaryl/α,β-unsaturated/α-hetero) is 1. The number of rotatable bonds is 12. The zero-order valence-corrected chi connectivity index (χ0v) is 19.4. The van der Waals surface area contributed by atoms with Crippen LogP contribution in [-0.2, 0) is 14.3 Å². The van der Waals surface area contributed by atoms with E-state index < -0.39 is 0 Å². The third kappa shape index (κ3) is 7.26. The number of ketones is 1. The summed E-state index contributed by atoms with van der Waals surface area (Å²) in [5, 5.41) is 8.42. The van der Waals surface area contributed by atoms with E-state index >= 15 is 0 Å². The molecule has 0 aliphatic heterocycles. The van der Waals surface area contributed by atoms with E-state index in [9.17, 15) is 4.79 Å². The number of hydrogen-bond donors (Lipinski definition) is 1. The van der Waals surface area contributed by atoms with Crippen molar-refractivity contribution in [2.75, 3.05) is 13.2 Å². The largest absolute Gasteiger partial charge is 0.372 e. The number of carbonyl (C=O) groups excluding carboxylic acids is 1. The Balaban J connectivity index is 2.48. The normalized spacial score (nSPS) is 21.8. The first-order valence-electron chi connectivity index (χ1n) is 11.6. The van der Waals surface area contributed by atoms with Crippen molar-refractivity contribution < 1.29 is 14.3 Å². The van der Waals surface area contributed by atoms with E-state index in [0.29, 0.717) is 6.61 Å². The molecule has 1 fully saturated rings. The molecule has 0 bridgehead atoms. The second-order valence-electron chi connectivity index (χ2n) is 9.17. The van der Waals surface area contributed by atoms with Crippen LogP contribution in [0.4, 0.5) is 0 Å². The van der Waals surface area contributed by atoms with Crippen LogP contribution in [0.1, 0.15) is 106 Å². The minimum atomic E-state index is -0.251. The highest BCUT2D eigenvalue weighted by Gasteiger charge is 2.30. The predicted molar refractivity (Wildman–Crippen MR) is 117 cm³/mol. The summed E-state index contributed by atoms with van der Waals surface area (Å²) in [5.74, 6) is 0.235. The van der Waals surface area contributed by atoms with E-state index in [1.807, 2.05) is 0 Å². The van der Waals surface area contributed by atoms with Gasteiger partial charge in [0.25, 0.3) is 0 Å². The van der Waals surface area contributed by atoms with Crippen LogP contribution in [0.15, 0.2) is 0 Å². The topological polar surface area (TPSA) is 59.4 Å². The van der Waals surface area contributed by atoms with Crippen LogP contribution in [0, 0.1) is 16.2 Å². The molecule has 0 saturated heterocycles. The number of nitrogens with one attached hydrogen (secondary N) is 1. The molecule has 0 aromatic heterocycles. The summed E-state index contributed by atoms with van der Waals surface area (Å²) in [6, 6.07) is 0. The van der Waals surface area contributed by atoms with Crippen molar-refractivity contribution in [3.05, 3.63) is 0 Å². The van der Waals surface area contributed by atoms with Crippen molar-refractivity contribution in [2.24, 2.45) is 10.8 Å². The van der Waals surface area contributed by atoms with Gasteiger partial charge in [-0.25, -0.2) is 0 Å². The fraction of sp³-hybridized carbons (Fsp3) is 0.917. The summed E-state index contributed by atoms with van der Waals surface area (Å²) in [5.41, 5.74) is 0.425. The molecule has 164 valence electrons. The summed E-state index contributed by atoms with van der Waals surface area (Å²) in [7, 11) is 0. The standard InChI is InChI=1S/C24H45NO3/c1-7-23(5,8-2)21(25)17-27-19-13-11-12-14-20(16-15-19)28-18-22(26)24(6,9-3)10-4/h19-20,25H,7-18H2,1-6H3. The molecule has 1 aliphatic carbocycles. The zero-order chi connectivity index (χ0) is 21.2. The first kappa shape index (κ1) is 25.3. The smallest absolute Gasteiger partial charge is 0.164 e. The van der Waals surface area contributed by atoms with Crippen LogP contribution in [-0.4, -0.2) is 36.9 Å². The summed E-state index contributed by atoms with van der Waals surface area (Å²) >= 11 is 0. The highest BCUT2D eigenvalue weighted by Crippen LogP contribution is 2.29. The molecule has 1 N–H and O–H groups in total. The average Bonchev–Trinajstić information content (AvgIpc) is 2.70. The van der Waals surface area contributed by atoms with E-state index in [-0.39, 0.29) is 35.4 Å². The molecule has 4 heteroatoms. The van der Waals surface area contributed by atoms with Gasteiger partial charge in [-0.3, -0.25) is 4.79 Å². The van der Waals surface area contributed by atoms with Gasteiger partial charge in [0.05, 0.1) is 18.8 Å². The van der Waals surface area contributed by atoms with E-state index in [1.54, 1.807) is 0 Å². The Morgan fingerprint density at radius 1 is 0.786 bits per heavy atom. The lowest BCUT2D eigenvalue weighted by molar-refractivity contribution is -0.135. The van der Waals surface area contributed by atoms with Crippen molar-refractivity contribution in [2.45, 2.75) is 118 Å². The Kier molecular flexibility index (Phi) is 10.9. The lowest BCUT2D eigenvalue weighted by atomic mass is 9.80. The lowest BCUT2D eigenvalue weighted by Gasteiger charge is -2.30. The van der Waals surface area contributed by atoms with Crippen molar-refractivity contribution in [3.63, 3.8) is 0 Å². The molecule has 0 aromatic rings. The van der Waals surface area contributed by atoms with E-state index in [0.717, 1.165) is 69.9 Å². The Bertz CT molecular complexity index is 436. The average molecular weight is 396 g/mol. The van der Waals surface area contributed by atoms with Crippen LogP contribution in [0.3, 0.4) is 0 Å². The molecule has 0 radical (unpaired) electrons. The number of ether oxygens (including phenoxy) is 2. The maximum Gasteiger partial charge on any atom is 0.164 e. The predicted octanol–water partition coefficient (Wildman–Crippen LogP) is 6.35. The van der Waals surface area contributed by atoms with Crippen molar-refractivity contribution in [1.82, 2.24) is 0 Å². The Morgan fingerprint density at radius 2 is 1.21 bits per heavy atom. The Hall–Kier alpha value is -0.740. The van der Waals surface area contributed by atoms with Gasteiger partial charge in [0, 0.05) is 16.5 Å². The molecule has 1 rings (SSSR count). The van der Waals surface area contributed by atoms with Gasteiger partial charge in [0.15, 0.2) is 5.78 Å². The number of hydrogen-bond acceptors (Lipinski definition) is 4. The van der Waals surface area contributed by atoms with Gasteiger partial charge in [0.1, 0.15) is 6.61 Å². The van der Waals surface area contributed by atoms with Gasteiger partial charge in [-0.15, -0.1) is 0 Å². The molecule has 0 amide bonds. The molecule has 28 heavy (non-hydrogen) atoms. The van der Waals surface area contributed by atoms with Crippen LogP contribution >= 0.6 is 0 Å². The van der Waals surface area contributed by atoms with E-state index in [2.05, 4.69) is 41.5 Å². The monoisotopic (exact) mass is 395 g/mol. The second-order valence-corrected chi connectivity index (χ2v) is 9.17. The van der Waals surface area contributed by atoms with Crippen LogP contribution in [0.2, 0.25) is 0 Å². The van der Waals surface area contributed by atoms with E-state index in [1.165, 1.54) is 0 Å². The van der Waals surface area contributed by atoms with Gasteiger partial charge in [0.2, 0.25) is 0 Å². The Labute approximate surface area is 173 Å². The molecule has 1 saturated carbocycles. The van der Waals surface area contributed by atoms with Crippen LogP contribution < -0.4 is 0 Å². The first-order chi connectivity index (χ1) is 13.2. The Morgan fingerprint density at radius 3 is 1.64 bits per heavy atom. The fourth-order valence-corrected chi connectivity index (χ4v) is 3.80. The zero-order valence-electron chi connectivity index (χ0n) is 19.4. The molecule has 1 aliphatic rings. The van der Waals surface area contributed by atoms with Crippen molar-refractivity contribution in [3.8, 4) is 0 Å². The fourth-order valence-electron chi connectivity index (χ4n) is 3.80. The molecule has 2 atom stereocenters. The quantitative estimate of drug-likeness (QED) is 0.391. The van der Waals surface area contributed by atoms with Crippen LogP contribution in [0.25, 0.3) is 0 Å². The lowest BCUT2D eigenvalue weighted by Crippen LogP contribution is -2.33. The third-order valence-corrected chi connectivity index (χ3v) is 7.55. The summed E-state index contributed by atoms with van der Waals surface area (Å²) in [6.07, 6.45) is 10.3. The molecule has 4 nitrogen and oxygen atoms in total. The van der Waals surface area contributed by atoms with Gasteiger partial charge >= 0.3 is 0 Å². The summed E-state index contributed by atoms with van der Waals surface area (Å²) in [4.78, 5) is 12.5. The molecule has 0 aromatic carbocycles. The molecular formula is C24H45NO3.